The number of benzene rings is 2. The van der Waals surface area contributed by atoms with Gasteiger partial charge in [0, 0.05) is 24.4 Å². The van der Waals surface area contributed by atoms with E-state index in [-0.39, 0.29) is 5.91 Å². The Morgan fingerprint density at radius 2 is 1.75 bits per heavy atom. The lowest BCUT2D eigenvalue weighted by Crippen LogP contribution is -2.24. The smallest absolute Gasteiger partial charge is 0.224 e. The molecule has 4 aromatic rings. The molecule has 0 saturated carbocycles. The van der Waals surface area contributed by atoms with Crippen LogP contribution in [-0.4, -0.2) is 28.1 Å². The monoisotopic (exact) mass is 428 g/mol. The molecule has 2 aromatic heterocycles. The lowest BCUT2D eigenvalue weighted by Gasteiger charge is -2.09. The summed E-state index contributed by atoms with van der Waals surface area (Å²) in [7, 11) is 1.62. The van der Waals surface area contributed by atoms with Crippen molar-refractivity contribution in [1.29, 1.82) is 0 Å². The average molecular weight is 428 g/mol. The normalized spacial score (nSPS) is 10.7. The van der Waals surface area contributed by atoms with Gasteiger partial charge >= 0.3 is 0 Å². The summed E-state index contributed by atoms with van der Waals surface area (Å²) in [4.78, 5) is 21.2. The third-order valence-electron chi connectivity index (χ3n) is 5.04. The topological polar surface area (TPSA) is 90.1 Å². The maximum absolute atomic E-state index is 12.3. The molecule has 0 aliphatic carbocycles. The van der Waals surface area contributed by atoms with Crippen molar-refractivity contribution in [2.75, 3.05) is 7.11 Å². The van der Waals surface area contributed by atoms with Gasteiger partial charge in [-0.3, -0.25) is 4.79 Å². The van der Waals surface area contributed by atoms with Crippen LogP contribution in [0.1, 0.15) is 22.6 Å². The average Bonchev–Trinajstić information content (AvgIpc) is 3.24. The minimum absolute atomic E-state index is 0.0337. The van der Waals surface area contributed by atoms with E-state index < -0.39 is 0 Å². The second kappa shape index (κ2) is 9.43. The Balaban J connectivity index is 1.43. The molecule has 0 fully saturated rings. The first-order chi connectivity index (χ1) is 15.5. The highest BCUT2D eigenvalue weighted by atomic mass is 16.5. The summed E-state index contributed by atoms with van der Waals surface area (Å²) in [6, 6.07) is 17.3. The zero-order valence-electron chi connectivity index (χ0n) is 18.3. The maximum Gasteiger partial charge on any atom is 0.224 e. The molecule has 1 N–H and O–H groups in total. The summed E-state index contributed by atoms with van der Waals surface area (Å²) in [6.07, 6.45) is 2.08. The number of hydrogen-bond acceptors (Lipinski definition) is 6. The first-order valence-electron chi connectivity index (χ1n) is 10.3. The van der Waals surface area contributed by atoms with E-state index in [4.69, 9.17) is 9.26 Å². The van der Waals surface area contributed by atoms with E-state index in [1.165, 1.54) is 0 Å². The number of aromatic nitrogens is 3. The molecular formula is C25H24N4O3. The molecule has 2 heterocycles. The van der Waals surface area contributed by atoms with Crippen molar-refractivity contribution >= 4 is 5.91 Å². The van der Waals surface area contributed by atoms with Crippen LogP contribution >= 0.6 is 0 Å². The molecule has 0 saturated heterocycles. The number of nitrogens with zero attached hydrogens (tertiary/aromatic N) is 3. The van der Waals surface area contributed by atoms with E-state index in [2.05, 4.69) is 20.4 Å². The van der Waals surface area contributed by atoms with Gasteiger partial charge in [-0.1, -0.05) is 41.6 Å². The third-order valence-corrected chi connectivity index (χ3v) is 5.04. The summed E-state index contributed by atoms with van der Waals surface area (Å²) in [5.41, 5.74) is 5.24. The predicted octanol–water partition coefficient (Wildman–Crippen LogP) is 4.28. The second-order valence-corrected chi connectivity index (χ2v) is 7.51. The van der Waals surface area contributed by atoms with E-state index in [1.807, 2.05) is 68.4 Å². The van der Waals surface area contributed by atoms with Gasteiger partial charge in [0.25, 0.3) is 0 Å². The first kappa shape index (κ1) is 21.2. The predicted molar refractivity (Wildman–Crippen MR) is 121 cm³/mol. The van der Waals surface area contributed by atoms with E-state index in [0.717, 1.165) is 39.4 Å². The molecule has 0 bridgehead atoms. The molecule has 7 nitrogen and oxygen atoms in total. The van der Waals surface area contributed by atoms with Crippen LogP contribution in [0.3, 0.4) is 0 Å². The number of rotatable bonds is 7. The van der Waals surface area contributed by atoms with E-state index >= 15 is 0 Å². The quantitative estimate of drug-likeness (QED) is 0.472. The van der Waals surface area contributed by atoms with Gasteiger partial charge in [0.1, 0.15) is 11.6 Å². The SMILES string of the molecule is COc1ccc(CC(=O)NCc2ccc(-c3nc(C)ncc3-c3cc(C)no3)cc2)cc1. The maximum atomic E-state index is 12.3. The fourth-order valence-electron chi connectivity index (χ4n) is 3.33. The van der Waals surface area contributed by atoms with Crippen LogP contribution in [0.25, 0.3) is 22.6 Å². The Morgan fingerprint density at radius 3 is 2.41 bits per heavy atom. The number of amides is 1. The Labute approximate surface area is 186 Å². The van der Waals surface area contributed by atoms with Crippen LogP contribution in [0.2, 0.25) is 0 Å². The van der Waals surface area contributed by atoms with Crippen molar-refractivity contribution < 1.29 is 14.1 Å². The lowest BCUT2D eigenvalue weighted by molar-refractivity contribution is -0.120. The fraction of sp³-hybridized carbons (Fsp3) is 0.200. The first-order valence-corrected chi connectivity index (χ1v) is 10.3. The summed E-state index contributed by atoms with van der Waals surface area (Å²) < 4.78 is 10.6. The van der Waals surface area contributed by atoms with Gasteiger partial charge in [-0.2, -0.15) is 0 Å². The Hall–Kier alpha value is -4.00. The highest BCUT2D eigenvalue weighted by molar-refractivity contribution is 5.79. The standard InChI is InChI=1S/C25H24N4O3/c1-16-12-23(32-29-16)22-15-26-17(2)28-25(22)20-8-4-19(5-9-20)14-27-24(30)13-18-6-10-21(31-3)11-7-18/h4-12,15H,13-14H2,1-3H3,(H,27,30). The largest absolute Gasteiger partial charge is 0.497 e. The Kier molecular flexibility index (Phi) is 6.26. The summed E-state index contributed by atoms with van der Waals surface area (Å²) >= 11 is 0. The van der Waals surface area contributed by atoms with Crippen molar-refractivity contribution in [2.45, 2.75) is 26.8 Å². The number of methoxy groups -OCH3 is 1. The highest BCUT2D eigenvalue weighted by Gasteiger charge is 2.14. The molecule has 162 valence electrons. The van der Waals surface area contributed by atoms with Crippen molar-refractivity contribution in [3.8, 4) is 28.3 Å². The zero-order valence-corrected chi connectivity index (χ0v) is 18.3. The highest BCUT2D eigenvalue weighted by Crippen LogP contribution is 2.30. The van der Waals surface area contributed by atoms with Gasteiger partial charge in [0.2, 0.25) is 5.91 Å². The molecule has 32 heavy (non-hydrogen) atoms. The second-order valence-electron chi connectivity index (χ2n) is 7.51. The molecule has 1 amide bonds. The van der Waals surface area contributed by atoms with Crippen LogP contribution < -0.4 is 10.1 Å². The molecule has 4 rings (SSSR count). The van der Waals surface area contributed by atoms with Crippen molar-refractivity contribution in [3.63, 3.8) is 0 Å². The van der Waals surface area contributed by atoms with Gasteiger partial charge in [-0.05, 0) is 37.1 Å². The zero-order chi connectivity index (χ0) is 22.5. The number of carbonyl (C=O) groups excluding carboxylic acids is 1. The van der Waals surface area contributed by atoms with Crippen molar-refractivity contribution in [2.24, 2.45) is 0 Å². The molecular weight excluding hydrogens is 404 g/mol. The number of carbonyl (C=O) groups is 1. The molecule has 0 aliphatic heterocycles. The molecule has 0 aliphatic rings. The van der Waals surface area contributed by atoms with Gasteiger partial charge in [0.15, 0.2) is 5.76 Å². The van der Waals surface area contributed by atoms with Gasteiger partial charge < -0.3 is 14.6 Å². The Morgan fingerprint density at radius 1 is 1.03 bits per heavy atom. The molecule has 0 radical (unpaired) electrons. The number of aryl methyl sites for hydroxylation is 2. The molecule has 7 heteroatoms. The van der Waals surface area contributed by atoms with Crippen LogP contribution in [0.5, 0.6) is 5.75 Å². The van der Waals surface area contributed by atoms with Crippen LogP contribution in [0, 0.1) is 13.8 Å². The minimum atomic E-state index is -0.0337. The number of hydrogen-bond donors (Lipinski definition) is 1. The van der Waals surface area contributed by atoms with E-state index in [1.54, 1.807) is 13.3 Å². The van der Waals surface area contributed by atoms with Crippen molar-refractivity contribution in [1.82, 2.24) is 20.4 Å². The molecule has 0 spiro atoms. The number of ether oxygens (including phenoxy) is 1. The van der Waals surface area contributed by atoms with Gasteiger partial charge in [-0.15, -0.1) is 0 Å². The molecule has 2 aromatic carbocycles. The fourth-order valence-corrected chi connectivity index (χ4v) is 3.33. The Bertz CT molecular complexity index is 1210. The van der Waals surface area contributed by atoms with Gasteiger partial charge in [0.05, 0.1) is 30.5 Å². The minimum Gasteiger partial charge on any atom is -0.497 e. The van der Waals surface area contributed by atoms with Crippen molar-refractivity contribution in [3.05, 3.63) is 83.4 Å². The van der Waals surface area contributed by atoms with E-state index in [0.29, 0.717) is 24.6 Å². The lowest BCUT2D eigenvalue weighted by atomic mass is 10.0. The third kappa shape index (κ3) is 5.00. The summed E-state index contributed by atoms with van der Waals surface area (Å²) in [6.45, 7) is 4.18. The van der Waals surface area contributed by atoms with E-state index in [9.17, 15) is 4.79 Å². The van der Waals surface area contributed by atoms with Crippen LogP contribution in [-0.2, 0) is 17.8 Å². The van der Waals surface area contributed by atoms with Gasteiger partial charge in [-0.25, -0.2) is 9.97 Å². The summed E-state index contributed by atoms with van der Waals surface area (Å²) in [5.74, 6) is 2.05. The van der Waals surface area contributed by atoms with Crippen LogP contribution in [0.15, 0.2) is 65.3 Å². The number of nitrogens with one attached hydrogen (secondary N) is 1. The molecule has 0 atom stereocenters. The van der Waals surface area contributed by atoms with Crippen LogP contribution in [0.4, 0.5) is 0 Å². The molecule has 0 unspecified atom stereocenters. The summed E-state index contributed by atoms with van der Waals surface area (Å²) in [5, 5.41) is 6.93.